The second-order valence-electron chi connectivity index (χ2n) is 6.27. The number of carbonyl (C=O) groups excluding carboxylic acids is 2. The van der Waals surface area contributed by atoms with Crippen LogP contribution < -0.4 is 0 Å². The molecule has 0 amide bonds. The zero-order valence-corrected chi connectivity index (χ0v) is 13.2. The first-order chi connectivity index (χ1) is 9.26. The van der Waals surface area contributed by atoms with Gasteiger partial charge in [-0.25, -0.2) is 4.79 Å². The highest BCUT2D eigenvalue weighted by Gasteiger charge is 2.36. The molecule has 1 fully saturated rings. The molecule has 4 nitrogen and oxygen atoms in total. The van der Waals surface area contributed by atoms with Crippen molar-refractivity contribution in [2.24, 2.45) is 11.8 Å². The van der Waals surface area contributed by atoms with Crippen molar-refractivity contribution >= 4 is 11.9 Å². The van der Waals surface area contributed by atoms with Crippen molar-refractivity contribution in [3.8, 4) is 0 Å². The Labute approximate surface area is 121 Å². The van der Waals surface area contributed by atoms with Crippen molar-refractivity contribution in [1.82, 2.24) is 0 Å². The quantitative estimate of drug-likeness (QED) is 0.586. The smallest absolute Gasteiger partial charge is 0.331 e. The van der Waals surface area contributed by atoms with Crippen LogP contribution in [0.1, 0.15) is 53.9 Å². The summed E-state index contributed by atoms with van der Waals surface area (Å²) in [7, 11) is 0. The predicted molar refractivity (Wildman–Crippen MR) is 77.1 cm³/mol. The van der Waals surface area contributed by atoms with Gasteiger partial charge >= 0.3 is 11.9 Å². The molecular weight excluding hydrogens is 256 g/mol. The first kappa shape index (κ1) is 16.7. The van der Waals surface area contributed by atoms with Crippen molar-refractivity contribution in [2.45, 2.75) is 59.5 Å². The Balaban J connectivity index is 2.71. The fraction of sp³-hybridized carbons (Fsp3) is 0.750. The molecule has 2 unspecified atom stereocenters. The maximum absolute atomic E-state index is 11.9. The van der Waals surface area contributed by atoms with Gasteiger partial charge in [0.25, 0.3) is 0 Å². The van der Waals surface area contributed by atoms with Crippen LogP contribution in [0.15, 0.2) is 11.6 Å². The number of carbonyl (C=O) groups is 2. The Bertz CT molecular complexity index is 390. The summed E-state index contributed by atoms with van der Waals surface area (Å²) in [4.78, 5) is 23.7. The third kappa shape index (κ3) is 4.99. The summed E-state index contributed by atoms with van der Waals surface area (Å²) in [5, 5.41) is 0. The lowest BCUT2D eigenvalue weighted by Crippen LogP contribution is -2.22. The van der Waals surface area contributed by atoms with E-state index in [2.05, 4.69) is 6.92 Å². The van der Waals surface area contributed by atoms with E-state index < -0.39 is 5.60 Å². The van der Waals surface area contributed by atoms with Crippen LogP contribution in [0.4, 0.5) is 0 Å². The van der Waals surface area contributed by atoms with Gasteiger partial charge in [-0.15, -0.1) is 0 Å². The Morgan fingerprint density at radius 2 is 1.90 bits per heavy atom. The van der Waals surface area contributed by atoms with E-state index in [0.717, 1.165) is 18.4 Å². The Kier molecular flexibility index (Phi) is 5.78. The summed E-state index contributed by atoms with van der Waals surface area (Å²) in [5.41, 5.74) is 0.501. The first-order valence-electron chi connectivity index (χ1n) is 7.35. The number of hydrogen-bond donors (Lipinski definition) is 0. The predicted octanol–water partition coefficient (Wildman–Crippen LogP) is 3.25. The molecule has 20 heavy (non-hydrogen) atoms. The molecule has 0 N–H and O–H groups in total. The van der Waals surface area contributed by atoms with Gasteiger partial charge in [0, 0.05) is 6.08 Å². The fourth-order valence-corrected chi connectivity index (χ4v) is 2.58. The summed E-state index contributed by atoms with van der Waals surface area (Å²) >= 11 is 0. The second kappa shape index (κ2) is 6.91. The highest BCUT2D eigenvalue weighted by atomic mass is 16.6. The zero-order valence-electron chi connectivity index (χ0n) is 13.2. The average Bonchev–Trinajstić information content (AvgIpc) is 2.69. The molecule has 0 aromatic carbocycles. The molecule has 0 aliphatic heterocycles. The van der Waals surface area contributed by atoms with Crippen LogP contribution in [0.2, 0.25) is 0 Å². The van der Waals surface area contributed by atoms with E-state index >= 15 is 0 Å². The van der Waals surface area contributed by atoms with E-state index in [1.54, 1.807) is 6.08 Å². The SMILES string of the molecule is CCOC(=O)C1C/C(=C/C(=O)OC(C)(C)C)CC1CC. The lowest BCUT2D eigenvalue weighted by molar-refractivity contribution is -0.150. The minimum Gasteiger partial charge on any atom is -0.466 e. The zero-order chi connectivity index (χ0) is 15.3. The van der Waals surface area contributed by atoms with E-state index in [4.69, 9.17) is 9.47 Å². The van der Waals surface area contributed by atoms with E-state index in [-0.39, 0.29) is 23.8 Å². The van der Waals surface area contributed by atoms with Crippen LogP contribution in [0.25, 0.3) is 0 Å². The number of allylic oxidation sites excluding steroid dienone is 1. The summed E-state index contributed by atoms with van der Waals surface area (Å²) in [6.07, 6.45) is 3.85. The largest absolute Gasteiger partial charge is 0.466 e. The Hall–Kier alpha value is -1.32. The molecule has 1 saturated carbocycles. The van der Waals surface area contributed by atoms with Gasteiger partial charge in [0.05, 0.1) is 12.5 Å². The molecule has 1 aliphatic rings. The molecule has 2 atom stereocenters. The van der Waals surface area contributed by atoms with Gasteiger partial charge in [0.15, 0.2) is 0 Å². The maximum Gasteiger partial charge on any atom is 0.331 e. The van der Waals surface area contributed by atoms with E-state index in [9.17, 15) is 9.59 Å². The number of rotatable bonds is 4. The number of ether oxygens (including phenoxy) is 2. The third-order valence-electron chi connectivity index (χ3n) is 3.42. The van der Waals surface area contributed by atoms with E-state index in [1.165, 1.54) is 0 Å². The van der Waals surface area contributed by atoms with Crippen LogP contribution >= 0.6 is 0 Å². The maximum atomic E-state index is 11.9. The monoisotopic (exact) mass is 282 g/mol. The summed E-state index contributed by atoms with van der Waals surface area (Å²) in [6.45, 7) is 9.80. The van der Waals surface area contributed by atoms with Crippen molar-refractivity contribution in [2.75, 3.05) is 6.61 Å². The summed E-state index contributed by atoms with van der Waals surface area (Å²) < 4.78 is 10.4. The molecule has 4 heteroatoms. The topological polar surface area (TPSA) is 52.6 Å². The first-order valence-corrected chi connectivity index (χ1v) is 7.35. The van der Waals surface area contributed by atoms with Gasteiger partial charge in [-0.05, 0) is 46.5 Å². The highest BCUT2D eigenvalue weighted by Crippen LogP contribution is 2.38. The van der Waals surface area contributed by atoms with Crippen molar-refractivity contribution in [3.05, 3.63) is 11.6 Å². The van der Waals surface area contributed by atoms with E-state index in [0.29, 0.717) is 13.0 Å². The Morgan fingerprint density at radius 1 is 1.25 bits per heavy atom. The molecule has 1 aliphatic carbocycles. The van der Waals surface area contributed by atoms with E-state index in [1.807, 2.05) is 27.7 Å². The van der Waals surface area contributed by atoms with Gasteiger partial charge in [0.1, 0.15) is 5.60 Å². The van der Waals surface area contributed by atoms with Gasteiger partial charge in [-0.3, -0.25) is 4.79 Å². The lowest BCUT2D eigenvalue weighted by atomic mass is 9.94. The lowest BCUT2D eigenvalue weighted by Gasteiger charge is -2.18. The molecule has 0 radical (unpaired) electrons. The van der Waals surface area contributed by atoms with Gasteiger partial charge in [-0.1, -0.05) is 18.9 Å². The van der Waals surface area contributed by atoms with Crippen molar-refractivity contribution in [1.29, 1.82) is 0 Å². The Morgan fingerprint density at radius 3 is 2.40 bits per heavy atom. The molecule has 0 heterocycles. The molecule has 0 saturated heterocycles. The van der Waals surface area contributed by atoms with Crippen LogP contribution in [-0.4, -0.2) is 24.1 Å². The summed E-state index contributed by atoms with van der Waals surface area (Å²) in [6, 6.07) is 0. The number of hydrogen-bond acceptors (Lipinski definition) is 4. The molecule has 0 spiro atoms. The van der Waals surface area contributed by atoms with Crippen LogP contribution in [-0.2, 0) is 19.1 Å². The van der Waals surface area contributed by atoms with Crippen LogP contribution in [0.5, 0.6) is 0 Å². The third-order valence-corrected chi connectivity index (χ3v) is 3.42. The normalized spacial score (nSPS) is 24.8. The fourth-order valence-electron chi connectivity index (χ4n) is 2.58. The standard InChI is InChI=1S/C16H26O4/c1-6-12-8-11(9-13(12)15(18)19-7-2)10-14(17)20-16(3,4)5/h10,12-13H,6-9H2,1-5H3/b11-10+. The van der Waals surface area contributed by atoms with Crippen molar-refractivity contribution in [3.63, 3.8) is 0 Å². The molecule has 1 rings (SSSR count). The van der Waals surface area contributed by atoms with Crippen LogP contribution in [0.3, 0.4) is 0 Å². The van der Waals surface area contributed by atoms with Crippen molar-refractivity contribution < 1.29 is 19.1 Å². The summed E-state index contributed by atoms with van der Waals surface area (Å²) in [5.74, 6) is -0.324. The molecule has 114 valence electrons. The highest BCUT2D eigenvalue weighted by molar-refractivity contribution is 5.84. The minimum absolute atomic E-state index is 0.117. The van der Waals surface area contributed by atoms with Gasteiger partial charge in [-0.2, -0.15) is 0 Å². The molecule has 0 bridgehead atoms. The van der Waals surface area contributed by atoms with Gasteiger partial charge in [0.2, 0.25) is 0 Å². The number of esters is 2. The average molecular weight is 282 g/mol. The molecular formula is C16H26O4. The second-order valence-corrected chi connectivity index (χ2v) is 6.27. The molecule has 0 aromatic heterocycles. The minimum atomic E-state index is -0.489. The van der Waals surface area contributed by atoms with Crippen LogP contribution in [0, 0.1) is 11.8 Å². The molecule has 0 aromatic rings. The van der Waals surface area contributed by atoms with Gasteiger partial charge < -0.3 is 9.47 Å².